The van der Waals surface area contributed by atoms with Crippen LogP contribution in [0, 0.1) is 23.7 Å². The van der Waals surface area contributed by atoms with Gasteiger partial charge in [0.25, 0.3) is 0 Å². The lowest BCUT2D eigenvalue weighted by Gasteiger charge is -2.28. The number of unbranched alkanes of at least 4 members (excludes halogenated alkanes) is 2. The van der Waals surface area contributed by atoms with E-state index in [0.717, 1.165) is 23.0 Å². The van der Waals surface area contributed by atoms with Gasteiger partial charge in [0.1, 0.15) is 0 Å². The van der Waals surface area contributed by atoms with Crippen LogP contribution in [-0.2, 0) is 12.8 Å². The lowest BCUT2D eigenvalue weighted by Crippen LogP contribution is -2.15. The fourth-order valence-electron chi connectivity index (χ4n) is 4.82. The third-order valence-corrected chi connectivity index (χ3v) is 6.83. The molecule has 1 aliphatic rings. The van der Waals surface area contributed by atoms with E-state index in [4.69, 9.17) is 0 Å². The van der Waals surface area contributed by atoms with Gasteiger partial charge >= 0.3 is 0 Å². The first kappa shape index (κ1) is 22.7. The maximum atomic E-state index is 3.33. The van der Waals surface area contributed by atoms with Gasteiger partial charge in [-0.1, -0.05) is 101 Å². The highest BCUT2D eigenvalue weighted by Gasteiger charge is 2.20. The zero-order chi connectivity index (χ0) is 21.0. The molecule has 0 N–H and O–H groups in total. The predicted molar refractivity (Wildman–Crippen MR) is 131 cm³/mol. The van der Waals surface area contributed by atoms with Crippen molar-refractivity contribution in [2.75, 3.05) is 0 Å². The minimum atomic E-state index is 0.947. The molecule has 0 unspecified atom stereocenters. The van der Waals surface area contributed by atoms with Crippen molar-refractivity contribution in [2.45, 2.75) is 90.9 Å². The van der Waals surface area contributed by atoms with Gasteiger partial charge in [-0.15, -0.1) is 0 Å². The number of hydrogen-bond donors (Lipinski definition) is 0. The Morgan fingerprint density at radius 1 is 0.600 bits per heavy atom. The van der Waals surface area contributed by atoms with Gasteiger partial charge in [-0.3, -0.25) is 0 Å². The van der Waals surface area contributed by atoms with Crippen LogP contribution in [0.3, 0.4) is 0 Å². The molecular formula is C30H40. The Morgan fingerprint density at radius 2 is 1.10 bits per heavy atom. The van der Waals surface area contributed by atoms with Gasteiger partial charge in [0, 0.05) is 11.1 Å². The molecule has 1 fully saturated rings. The lowest BCUT2D eigenvalue weighted by molar-refractivity contribution is 0.252. The summed E-state index contributed by atoms with van der Waals surface area (Å²) in [5.74, 6) is 8.62. The summed E-state index contributed by atoms with van der Waals surface area (Å²) in [7, 11) is 0. The molecule has 0 amide bonds. The number of hydrogen-bond acceptors (Lipinski definition) is 0. The molecule has 0 spiro atoms. The lowest BCUT2D eigenvalue weighted by atomic mass is 9.78. The van der Waals surface area contributed by atoms with Gasteiger partial charge in [-0.05, 0) is 72.9 Å². The largest absolute Gasteiger partial charge is 0.0654 e. The highest BCUT2D eigenvalue weighted by Crippen LogP contribution is 2.33. The van der Waals surface area contributed by atoms with E-state index in [1.165, 1.54) is 88.2 Å². The van der Waals surface area contributed by atoms with E-state index in [-0.39, 0.29) is 0 Å². The Labute approximate surface area is 185 Å². The average molecular weight is 401 g/mol. The topological polar surface area (TPSA) is 0 Å². The molecule has 0 saturated heterocycles. The van der Waals surface area contributed by atoms with Crippen molar-refractivity contribution in [3.8, 4) is 11.8 Å². The van der Waals surface area contributed by atoms with E-state index in [0.29, 0.717) is 0 Å². The molecule has 0 atom stereocenters. The summed E-state index contributed by atoms with van der Waals surface area (Å²) in [6.07, 6.45) is 16.3. The first-order valence-corrected chi connectivity index (χ1v) is 12.5. The van der Waals surface area contributed by atoms with Crippen molar-refractivity contribution >= 4 is 0 Å². The van der Waals surface area contributed by atoms with Crippen molar-refractivity contribution in [1.29, 1.82) is 0 Å². The van der Waals surface area contributed by atoms with E-state index in [1.807, 2.05) is 0 Å². The normalized spacial score (nSPS) is 18.6. The fraction of sp³-hybridized carbons (Fsp3) is 0.533. The molecule has 0 nitrogen and oxygen atoms in total. The molecule has 0 aliphatic heterocycles. The van der Waals surface area contributed by atoms with Crippen LogP contribution in [-0.4, -0.2) is 0 Å². The maximum Gasteiger partial charge on any atom is 0.0249 e. The third kappa shape index (κ3) is 7.68. The minimum Gasteiger partial charge on any atom is -0.0654 e. The Hall–Kier alpha value is -2.00. The quantitative estimate of drug-likeness (QED) is 0.293. The van der Waals surface area contributed by atoms with Gasteiger partial charge in [0.15, 0.2) is 0 Å². The van der Waals surface area contributed by atoms with E-state index in [2.05, 4.69) is 74.2 Å². The predicted octanol–water partition coefficient (Wildman–Crippen LogP) is 8.36. The first-order valence-electron chi connectivity index (χ1n) is 12.5. The Bertz CT molecular complexity index is 777. The summed E-state index contributed by atoms with van der Waals surface area (Å²) in [4.78, 5) is 0. The number of aryl methyl sites for hydroxylation is 2. The number of rotatable bonds is 9. The Kier molecular flexibility index (Phi) is 9.56. The highest BCUT2D eigenvalue weighted by atomic mass is 14.3. The molecule has 0 radical (unpaired) electrons. The third-order valence-electron chi connectivity index (χ3n) is 6.83. The van der Waals surface area contributed by atoms with E-state index in [9.17, 15) is 0 Å². The Balaban J connectivity index is 1.44. The zero-order valence-corrected chi connectivity index (χ0v) is 19.3. The van der Waals surface area contributed by atoms with E-state index < -0.39 is 0 Å². The minimum absolute atomic E-state index is 0.947. The van der Waals surface area contributed by atoms with Gasteiger partial charge < -0.3 is 0 Å². The molecule has 3 rings (SSSR count). The molecule has 1 saturated carbocycles. The molecule has 0 aromatic heterocycles. The van der Waals surface area contributed by atoms with E-state index in [1.54, 1.807) is 0 Å². The van der Waals surface area contributed by atoms with Crippen LogP contribution in [0.1, 0.15) is 100 Å². The summed E-state index contributed by atoms with van der Waals surface area (Å²) < 4.78 is 0. The van der Waals surface area contributed by atoms with Crippen LogP contribution in [0.5, 0.6) is 0 Å². The highest BCUT2D eigenvalue weighted by molar-refractivity contribution is 5.44. The first-order chi connectivity index (χ1) is 14.8. The average Bonchev–Trinajstić information content (AvgIpc) is 2.79. The summed E-state index contributed by atoms with van der Waals surface area (Å²) in [5.41, 5.74) is 5.12. The summed E-state index contributed by atoms with van der Waals surface area (Å²) in [6.45, 7) is 4.58. The zero-order valence-electron chi connectivity index (χ0n) is 19.3. The SMILES string of the molecule is CCCCCc1ccc(C#Cc2ccc(CCC3CCC(CCC)CC3)cc2)cc1. The molecule has 0 heterocycles. The van der Waals surface area contributed by atoms with Gasteiger partial charge in [-0.25, -0.2) is 0 Å². The van der Waals surface area contributed by atoms with Crippen LogP contribution in [0.2, 0.25) is 0 Å². The molecule has 1 aliphatic carbocycles. The van der Waals surface area contributed by atoms with Crippen molar-refractivity contribution in [3.63, 3.8) is 0 Å². The van der Waals surface area contributed by atoms with Crippen LogP contribution in [0.4, 0.5) is 0 Å². The second-order valence-corrected chi connectivity index (χ2v) is 9.32. The van der Waals surface area contributed by atoms with Crippen LogP contribution in [0.25, 0.3) is 0 Å². The molecule has 0 bridgehead atoms. The van der Waals surface area contributed by atoms with E-state index >= 15 is 0 Å². The summed E-state index contributed by atoms with van der Waals surface area (Å²) >= 11 is 0. The van der Waals surface area contributed by atoms with Crippen LogP contribution in [0.15, 0.2) is 48.5 Å². The monoisotopic (exact) mass is 400 g/mol. The van der Waals surface area contributed by atoms with Crippen molar-refractivity contribution in [2.24, 2.45) is 11.8 Å². The summed E-state index contributed by atoms with van der Waals surface area (Å²) in [5, 5.41) is 0. The van der Waals surface area contributed by atoms with Gasteiger partial charge in [-0.2, -0.15) is 0 Å². The summed E-state index contributed by atoms with van der Waals surface area (Å²) in [6, 6.07) is 17.7. The second-order valence-electron chi connectivity index (χ2n) is 9.32. The van der Waals surface area contributed by atoms with Gasteiger partial charge in [0.05, 0.1) is 0 Å². The molecule has 2 aromatic rings. The molecule has 30 heavy (non-hydrogen) atoms. The van der Waals surface area contributed by atoms with Crippen molar-refractivity contribution < 1.29 is 0 Å². The van der Waals surface area contributed by atoms with Crippen LogP contribution >= 0.6 is 0 Å². The number of benzene rings is 2. The molecular weight excluding hydrogens is 360 g/mol. The van der Waals surface area contributed by atoms with Crippen molar-refractivity contribution in [3.05, 3.63) is 70.8 Å². The van der Waals surface area contributed by atoms with Crippen molar-refractivity contribution in [1.82, 2.24) is 0 Å². The van der Waals surface area contributed by atoms with Gasteiger partial charge in [0.2, 0.25) is 0 Å². The fourth-order valence-corrected chi connectivity index (χ4v) is 4.82. The smallest absolute Gasteiger partial charge is 0.0249 e. The molecule has 160 valence electrons. The van der Waals surface area contributed by atoms with Crippen LogP contribution < -0.4 is 0 Å². The standard InChI is InChI=1S/C30H40/c1-3-5-6-8-26-11-15-28(16-12-26)18-20-30-23-21-29(22-24-30)19-17-27-13-9-25(7-4-2)10-14-27/h11-12,15-16,21-25,27H,3-10,13-14,17,19H2,1-2H3. The Morgan fingerprint density at radius 3 is 1.60 bits per heavy atom. The molecule has 2 aromatic carbocycles. The second kappa shape index (κ2) is 12.6. The molecule has 0 heteroatoms. The maximum absolute atomic E-state index is 3.33.